The number of carbonyl (C=O) groups is 1. The fourth-order valence-electron chi connectivity index (χ4n) is 2.66. The van der Waals surface area contributed by atoms with Crippen LogP contribution in [0.15, 0.2) is 47.4 Å². The average Bonchev–Trinajstić information content (AvgIpc) is 2.63. The molecule has 0 aliphatic carbocycles. The van der Waals surface area contributed by atoms with Crippen molar-refractivity contribution in [3.63, 3.8) is 0 Å². The number of hydrogen-bond acceptors (Lipinski definition) is 3. The molecule has 0 spiro atoms. The van der Waals surface area contributed by atoms with E-state index < -0.39 is 10.0 Å². The third-order valence-electron chi connectivity index (χ3n) is 4.23. The van der Waals surface area contributed by atoms with E-state index in [-0.39, 0.29) is 27.4 Å². The summed E-state index contributed by atoms with van der Waals surface area (Å²) in [6.45, 7) is 5.97. The van der Waals surface area contributed by atoms with Crippen molar-refractivity contribution in [3.8, 4) is 0 Å². The Bertz CT molecular complexity index is 911. The first-order chi connectivity index (χ1) is 12.7. The van der Waals surface area contributed by atoms with Crippen LogP contribution in [0.25, 0.3) is 0 Å². The summed E-state index contributed by atoms with van der Waals surface area (Å²) in [5.41, 5.74) is 1.11. The molecule has 2 aromatic carbocycles. The van der Waals surface area contributed by atoms with Crippen LogP contribution in [0.1, 0.15) is 42.7 Å². The third kappa shape index (κ3) is 5.02. The first-order valence-electron chi connectivity index (χ1n) is 8.56. The molecule has 0 saturated carbocycles. The highest BCUT2D eigenvalue weighted by Gasteiger charge is 2.25. The van der Waals surface area contributed by atoms with Crippen molar-refractivity contribution in [1.29, 1.82) is 0 Å². The highest BCUT2D eigenvalue weighted by atomic mass is 35.5. The number of halogens is 2. The van der Waals surface area contributed by atoms with Crippen molar-refractivity contribution < 1.29 is 13.2 Å². The van der Waals surface area contributed by atoms with Gasteiger partial charge >= 0.3 is 0 Å². The van der Waals surface area contributed by atoms with Gasteiger partial charge in [0.25, 0.3) is 5.91 Å². The van der Waals surface area contributed by atoms with E-state index in [2.05, 4.69) is 5.32 Å². The smallest absolute Gasteiger partial charge is 0.251 e. The predicted molar refractivity (Wildman–Crippen MR) is 109 cm³/mol. The van der Waals surface area contributed by atoms with Gasteiger partial charge in [0, 0.05) is 23.7 Å². The Kier molecular flexibility index (Phi) is 7.28. The third-order valence-corrected chi connectivity index (χ3v) is 7.02. The fraction of sp³-hybridized carbons (Fsp3) is 0.316. The fourth-order valence-corrected chi connectivity index (χ4v) is 4.74. The van der Waals surface area contributed by atoms with Crippen LogP contribution in [0.5, 0.6) is 0 Å². The lowest BCUT2D eigenvalue weighted by Crippen LogP contribution is -2.31. The molecule has 2 rings (SSSR count). The number of rotatable bonds is 7. The summed E-state index contributed by atoms with van der Waals surface area (Å²) in [7, 11) is -3.77. The molecule has 5 nitrogen and oxygen atoms in total. The van der Waals surface area contributed by atoms with Crippen LogP contribution in [0.3, 0.4) is 0 Å². The molecule has 0 fully saturated rings. The van der Waals surface area contributed by atoms with Gasteiger partial charge in [-0.3, -0.25) is 4.79 Å². The number of carbonyl (C=O) groups excluding carboxylic acids is 1. The number of sulfonamides is 1. The van der Waals surface area contributed by atoms with Crippen LogP contribution in [0.2, 0.25) is 10.0 Å². The van der Waals surface area contributed by atoms with Crippen LogP contribution in [0.4, 0.5) is 0 Å². The van der Waals surface area contributed by atoms with Gasteiger partial charge in [-0.15, -0.1) is 0 Å². The minimum Gasteiger partial charge on any atom is -0.346 e. The molecule has 1 atom stereocenters. The van der Waals surface area contributed by atoms with Crippen LogP contribution in [0, 0.1) is 0 Å². The summed E-state index contributed by atoms with van der Waals surface area (Å²) >= 11 is 12.0. The van der Waals surface area contributed by atoms with Gasteiger partial charge in [0.05, 0.1) is 11.1 Å². The van der Waals surface area contributed by atoms with Crippen molar-refractivity contribution >= 4 is 39.1 Å². The summed E-state index contributed by atoms with van der Waals surface area (Å²) in [6.07, 6.45) is 0. The minimum absolute atomic E-state index is 0.0698. The van der Waals surface area contributed by atoms with Gasteiger partial charge in [-0.05, 0) is 42.8 Å². The van der Waals surface area contributed by atoms with Crippen molar-refractivity contribution in [1.82, 2.24) is 9.62 Å². The van der Waals surface area contributed by atoms with Crippen LogP contribution in [-0.2, 0) is 10.0 Å². The molecular weight excluding hydrogens is 407 g/mol. The zero-order valence-electron chi connectivity index (χ0n) is 15.4. The lowest BCUT2D eigenvalue weighted by molar-refractivity contribution is 0.0939. The van der Waals surface area contributed by atoms with Gasteiger partial charge in [0.2, 0.25) is 10.0 Å². The number of benzene rings is 2. The van der Waals surface area contributed by atoms with E-state index in [1.54, 1.807) is 26.0 Å². The molecule has 0 aliphatic rings. The van der Waals surface area contributed by atoms with Gasteiger partial charge in [-0.2, -0.15) is 4.31 Å². The van der Waals surface area contributed by atoms with Crippen LogP contribution < -0.4 is 5.32 Å². The normalized spacial score (nSPS) is 12.8. The summed E-state index contributed by atoms with van der Waals surface area (Å²) in [4.78, 5) is 12.5. The zero-order chi connectivity index (χ0) is 20.2. The maximum absolute atomic E-state index is 12.8. The molecule has 0 aromatic heterocycles. The van der Waals surface area contributed by atoms with Crippen LogP contribution >= 0.6 is 23.2 Å². The SMILES string of the molecule is CCN(CC)S(=O)(=O)c1cc(C(=O)NC(C)c2ccc(Cl)cc2)ccc1Cl. The first kappa shape index (κ1) is 21.7. The van der Waals surface area contributed by atoms with Crippen molar-refractivity contribution in [2.24, 2.45) is 0 Å². The minimum atomic E-state index is -3.77. The molecule has 8 heteroatoms. The molecule has 1 N–H and O–H groups in total. The van der Waals surface area contributed by atoms with Gasteiger partial charge in [0.1, 0.15) is 4.90 Å². The lowest BCUT2D eigenvalue weighted by atomic mass is 10.1. The van der Waals surface area contributed by atoms with Gasteiger partial charge in [-0.25, -0.2) is 8.42 Å². The van der Waals surface area contributed by atoms with E-state index in [0.29, 0.717) is 18.1 Å². The largest absolute Gasteiger partial charge is 0.346 e. The summed E-state index contributed by atoms with van der Waals surface area (Å²) < 4.78 is 26.8. The highest BCUT2D eigenvalue weighted by Crippen LogP contribution is 2.26. The predicted octanol–water partition coefficient (Wildman–Crippen LogP) is 4.51. The molecular formula is C19H22Cl2N2O3S. The molecule has 0 aliphatic heterocycles. The number of hydrogen-bond donors (Lipinski definition) is 1. The monoisotopic (exact) mass is 428 g/mol. The van der Waals surface area contributed by atoms with E-state index in [1.165, 1.54) is 22.5 Å². The van der Waals surface area contributed by atoms with Crippen molar-refractivity contribution in [3.05, 3.63) is 63.6 Å². The van der Waals surface area contributed by atoms with Crippen molar-refractivity contribution in [2.45, 2.75) is 31.7 Å². The lowest BCUT2D eigenvalue weighted by Gasteiger charge is -2.20. The number of amides is 1. The van der Waals surface area contributed by atoms with Gasteiger partial charge in [0.15, 0.2) is 0 Å². The average molecular weight is 429 g/mol. The zero-order valence-corrected chi connectivity index (χ0v) is 17.7. The first-order valence-corrected chi connectivity index (χ1v) is 10.8. The summed E-state index contributed by atoms with van der Waals surface area (Å²) in [5, 5.41) is 3.55. The van der Waals surface area contributed by atoms with Gasteiger partial charge < -0.3 is 5.32 Å². The maximum atomic E-state index is 12.8. The molecule has 146 valence electrons. The van der Waals surface area contributed by atoms with E-state index in [0.717, 1.165) is 5.56 Å². The second kappa shape index (κ2) is 9.06. The second-order valence-corrected chi connectivity index (χ2v) is 8.73. The van der Waals surface area contributed by atoms with Gasteiger partial charge in [-0.1, -0.05) is 49.2 Å². The number of nitrogens with zero attached hydrogens (tertiary/aromatic N) is 1. The quantitative estimate of drug-likeness (QED) is 0.704. The Hall–Kier alpha value is -1.60. The molecule has 2 aromatic rings. The van der Waals surface area contributed by atoms with E-state index in [1.807, 2.05) is 19.1 Å². The highest BCUT2D eigenvalue weighted by molar-refractivity contribution is 7.89. The Balaban J connectivity index is 2.29. The molecule has 1 amide bonds. The summed E-state index contributed by atoms with van der Waals surface area (Å²) in [5.74, 6) is -0.384. The summed E-state index contributed by atoms with van der Waals surface area (Å²) in [6, 6.07) is 11.1. The second-order valence-electron chi connectivity index (χ2n) is 5.98. The molecule has 27 heavy (non-hydrogen) atoms. The van der Waals surface area contributed by atoms with E-state index in [4.69, 9.17) is 23.2 Å². The maximum Gasteiger partial charge on any atom is 0.251 e. The molecule has 0 bridgehead atoms. The van der Waals surface area contributed by atoms with Crippen LogP contribution in [-0.4, -0.2) is 31.7 Å². The topological polar surface area (TPSA) is 66.5 Å². The molecule has 0 heterocycles. The Morgan fingerprint density at radius 3 is 2.22 bits per heavy atom. The Morgan fingerprint density at radius 1 is 1.07 bits per heavy atom. The number of nitrogens with one attached hydrogen (secondary N) is 1. The molecule has 0 saturated heterocycles. The Morgan fingerprint density at radius 2 is 1.67 bits per heavy atom. The van der Waals surface area contributed by atoms with E-state index >= 15 is 0 Å². The Labute approximate surface area is 170 Å². The molecule has 1 unspecified atom stereocenters. The van der Waals surface area contributed by atoms with E-state index in [9.17, 15) is 13.2 Å². The van der Waals surface area contributed by atoms with Crippen molar-refractivity contribution in [2.75, 3.05) is 13.1 Å². The standard InChI is InChI=1S/C19H22Cl2N2O3S/c1-4-23(5-2)27(25,26)18-12-15(8-11-17(18)21)19(24)22-13(3)14-6-9-16(20)10-7-14/h6-13H,4-5H2,1-3H3,(H,22,24). The molecule has 0 radical (unpaired) electrons.